The molecule has 0 saturated carbocycles. The van der Waals surface area contributed by atoms with E-state index in [1.807, 2.05) is 0 Å². The van der Waals surface area contributed by atoms with Gasteiger partial charge in [0.25, 0.3) is 0 Å². The predicted octanol–water partition coefficient (Wildman–Crippen LogP) is 0.706. The van der Waals surface area contributed by atoms with Gasteiger partial charge in [-0.1, -0.05) is 13.2 Å². The Morgan fingerprint density at radius 3 is 2.25 bits per heavy atom. The van der Waals surface area contributed by atoms with Gasteiger partial charge in [-0.15, -0.1) is 0 Å². The van der Waals surface area contributed by atoms with E-state index in [4.69, 9.17) is 0 Å². The fourth-order valence-corrected chi connectivity index (χ4v) is 0. The van der Waals surface area contributed by atoms with Crippen molar-refractivity contribution in [2.24, 2.45) is 0 Å². The quantitative estimate of drug-likeness (QED) is 0.343. The van der Waals surface area contributed by atoms with Crippen LogP contribution in [-0.4, -0.2) is 6.56 Å². The summed E-state index contributed by atoms with van der Waals surface area (Å²) < 4.78 is 0. The first-order valence-corrected chi connectivity index (χ1v) is 2.16. The van der Waals surface area contributed by atoms with Crippen molar-refractivity contribution in [3.05, 3.63) is 0 Å². The molecule has 0 spiro atoms. The second-order valence-corrected chi connectivity index (χ2v) is 1.17. The predicted molar refractivity (Wildman–Crippen MR) is 26.6 cm³/mol. The van der Waals surface area contributed by atoms with Crippen LogP contribution in [0, 0.1) is 0 Å². The van der Waals surface area contributed by atoms with Crippen molar-refractivity contribution in [1.82, 2.24) is 0 Å². The average Bonchev–Trinajstić information content (AvgIpc) is 1.37. The summed E-state index contributed by atoms with van der Waals surface area (Å²) in [6, 6.07) is 0. The molecule has 0 aromatic carbocycles. The van der Waals surface area contributed by atoms with Crippen LogP contribution in [0.1, 0.15) is 6.92 Å². The maximum Gasteiger partial charge on any atom is 0.187 e. The number of thiol groups is 1. The smallest absolute Gasteiger partial charge is 0.187 e. The molecule has 0 aliphatic rings. The summed E-state index contributed by atoms with van der Waals surface area (Å²) in [6.45, 7) is 3.12. The molecule has 0 amide bonds. The van der Waals surface area contributed by atoms with E-state index in [1.165, 1.54) is 6.32 Å². The van der Waals surface area contributed by atoms with Gasteiger partial charge in [0, 0.05) is 0 Å². The van der Waals surface area contributed by atoms with E-state index in [0.717, 1.165) is 6.56 Å². The molecule has 0 aromatic heterocycles. The minimum Gasteiger partial charge on any atom is -0.232 e. The molecule has 0 radical (unpaired) electrons. The summed E-state index contributed by atoms with van der Waals surface area (Å²) in [6.07, 6.45) is 1.18. The molecule has 0 aliphatic heterocycles. The Morgan fingerprint density at radius 2 is 2.25 bits per heavy atom. The van der Waals surface area contributed by atoms with Crippen LogP contribution in [-0.2, 0) is 0 Å². The van der Waals surface area contributed by atoms with E-state index < -0.39 is 0 Å². The molecule has 0 atom stereocenters. The van der Waals surface area contributed by atoms with Crippen molar-refractivity contribution in [1.29, 1.82) is 0 Å². The van der Waals surface area contributed by atoms with Crippen molar-refractivity contribution in [3.63, 3.8) is 0 Å². The van der Waals surface area contributed by atoms with E-state index in [0.29, 0.717) is 0 Å². The van der Waals surface area contributed by atoms with Crippen LogP contribution < -0.4 is 0 Å². The SMILES string of the molecule is CCBS. The van der Waals surface area contributed by atoms with E-state index in [9.17, 15) is 0 Å². The van der Waals surface area contributed by atoms with E-state index in [1.54, 1.807) is 0 Å². The molecular weight excluding hydrogens is 66.9 g/mol. The Morgan fingerprint density at radius 1 is 2.00 bits per heavy atom. The lowest BCUT2D eigenvalue weighted by Gasteiger charge is -1.63. The van der Waals surface area contributed by atoms with Gasteiger partial charge in [0.2, 0.25) is 0 Å². The van der Waals surface area contributed by atoms with Gasteiger partial charge in [-0.05, 0) is 0 Å². The molecule has 0 saturated heterocycles. The molecule has 0 bridgehead atoms. The lowest BCUT2D eigenvalue weighted by molar-refractivity contribution is 1.48. The van der Waals surface area contributed by atoms with Crippen LogP contribution in [0.4, 0.5) is 0 Å². The Hall–Kier alpha value is 0.415. The van der Waals surface area contributed by atoms with Gasteiger partial charge in [-0.2, -0.15) is 0 Å². The summed E-state index contributed by atoms with van der Waals surface area (Å²) in [4.78, 5) is 0. The fraction of sp³-hybridized carbons (Fsp3) is 1.00. The minimum atomic E-state index is 1.01. The molecular formula is C2H7BS. The van der Waals surface area contributed by atoms with E-state index in [-0.39, 0.29) is 0 Å². The highest BCUT2D eigenvalue weighted by molar-refractivity contribution is 8.06. The first-order valence-electron chi connectivity index (χ1n) is 1.52. The maximum atomic E-state index is 3.92. The molecule has 24 valence electrons. The van der Waals surface area contributed by atoms with Crippen molar-refractivity contribution >= 4 is 19.0 Å². The van der Waals surface area contributed by atoms with Gasteiger partial charge in [0.05, 0.1) is 0 Å². The second kappa shape index (κ2) is 3.41. The van der Waals surface area contributed by atoms with Gasteiger partial charge in [-0.3, -0.25) is 0 Å². The molecule has 0 heterocycles. The highest BCUT2D eigenvalue weighted by atomic mass is 32.1. The Balaban J connectivity index is 1.97. The topological polar surface area (TPSA) is 0 Å². The largest absolute Gasteiger partial charge is 0.232 e. The zero-order chi connectivity index (χ0) is 3.41. The highest BCUT2D eigenvalue weighted by Crippen LogP contribution is 1.72. The van der Waals surface area contributed by atoms with Crippen LogP contribution in [0.3, 0.4) is 0 Å². The Labute approximate surface area is 33.1 Å². The zero-order valence-electron chi connectivity index (χ0n) is 2.86. The Kier molecular flexibility index (Phi) is 3.77. The van der Waals surface area contributed by atoms with Crippen LogP contribution in [0.15, 0.2) is 0 Å². The lowest BCUT2D eigenvalue weighted by Crippen LogP contribution is -1.61. The summed E-state index contributed by atoms with van der Waals surface area (Å²) in [7, 11) is 0. The van der Waals surface area contributed by atoms with Crippen molar-refractivity contribution in [2.75, 3.05) is 0 Å². The first kappa shape index (κ1) is 4.41. The van der Waals surface area contributed by atoms with Crippen molar-refractivity contribution in [2.45, 2.75) is 13.2 Å². The standard InChI is InChI=1S/C2H7BS/c1-2-3-4/h3-4H,2H2,1H3. The van der Waals surface area contributed by atoms with Gasteiger partial charge < -0.3 is 0 Å². The van der Waals surface area contributed by atoms with Crippen LogP contribution in [0.5, 0.6) is 0 Å². The lowest BCUT2D eigenvalue weighted by atomic mass is 10.1. The van der Waals surface area contributed by atoms with E-state index >= 15 is 0 Å². The summed E-state index contributed by atoms with van der Waals surface area (Å²) in [5.41, 5.74) is 0. The van der Waals surface area contributed by atoms with Crippen LogP contribution in [0.25, 0.3) is 0 Å². The van der Waals surface area contributed by atoms with Gasteiger partial charge in [0.15, 0.2) is 6.56 Å². The molecule has 2 heteroatoms. The normalized spacial score (nSPS) is 6.50. The minimum absolute atomic E-state index is 1.01. The number of hydrogen-bond donors (Lipinski definition) is 1. The summed E-state index contributed by atoms with van der Waals surface area (Å²) >= 11 is 3.92. The molecule has 0 N–H and O–H groups in total. The van der Waals surface area contributed by atoms with Crippen LogP contribution in [0.2, 0.25) is 6.32 Å². The molecule has 0 fully saturated rings. The van der Waals surface area contributed by atoms with Gasteiger partial charge in [0.1, 0.15) is 0 Å². The first-order chi connectivity index (χ1) is 1.91. The third-order valence-electron chi connectivity index (χ3n) is 0.224. The third kappa shape index (κ3) is 2.41. The second-order valence-electron chi connectivity index (χ2n) is 0.724. The molecule has 0 aliphatic carbocycles. The Bertz CT molecular complexity index is 8.00. The van der Waals surface area contributed by atoms with E-state index in [2.05, 4.69) is 19.4 Å². The average molecular weight is 74.0 g/mol. The molecule has 0 rings (SSSR count). The van der Waals surface area contributed by atoms with Gasteiger partial charge >= 0.3 is 0 Å². The van der Waals surface area contributed by atoms with Crippen LogP contribution >= 0.6 is 12.5 Å². The molecule has 4 heavy (non-hydrogen) atoms. The molecule has 0 aromatic rings. The number of rotatable bonds is 1. The molecule has 0 nitrogen and oxygen atoms in total. The zero-order valence-corrected chi connectivity index (χ0v) is 3.76. The molecule has 0 unspecified atom stereocenters. The maximum absolute atomic E-state index is 3.92. The monoisotopic (exact) mass is 74.0 g/mol. The highest BCUT2D eigenvalue weighted by Gasteiger charge is 1.63. The van der Waals surface area contributed by atoms with Crippen molar-refractivity contribution in [3.8, 4) is 0 Å². The number of hydrogen-bond acceptors (Lipinski definition) is 1. The van der Waals surface area contributed by atoms with Gasteiger partial charge in [-0.25, -0.2) is 12.5 Å². The summed E-state index contributed by atoms with van der Waals surface area (Å²) in [5.74, 6) is 0. The third-order valence-corrected chi connectivity index (χ3v) is 0.671. The summed E-state index contributed by atoms with van der Waals surface area (Å²) in [5, 5.41) is 0. The van der Waals surface area contributed by atoms with Crippen molar-refractivity contribution < 1.29 is 0 Å². The fourth-order valence-electron chi connectivity index (χ4n) is 0.